The lowest BCUT2D eigenvalue weighted by Gasteiger charge is -2.38. The second kappa shape index (κ2) is 7.67. The second-order valence-electron chi connectivity index (χ2n) is 6.97. The van der Waals surface area contributed by atoms with Crippen molar-refractivity contribution in [1.29, 1.82) is 5.26 Å². The molecule has 2 heterocycles. The smallest absolute Gasteiger partial charge is 0.323 e. The molecule has 1 aromatic heterocycles. The number of aryl methyl sites for hydroxylation is 2. The number of nitriles is 1. The number of carbonyl (C=O) groups is 1. The van der Waals surface area contributed by atoms with Crippen LogP contribution in [0.15, 0.2) is 6.07 Å². The first-order chi connectivity index (χ1) is 11.4. The van der Waals surface area contributed by atoms with E-state index in [9.17, 15) is 9.90 Å². The number of hydrogen-bond acceptors (Lipinski definition) is 4. The van der Waals surface area contributed by atoms with Crippen molar-refractivity contribution in [1.82, 2.24) is 14.7 Å². The fourth-order valence-electron chi connectivity index (χ4n) is 3.59. The first-order valence-corrected chi connectivity index (χ1v) is 8.53. The summed E-state index contributed by atoms with van der Waals surface area (Å²) in [6.07, 6.45) is 2.89. The van der Waals surface area contributed by atoms with Gasteiger partial charge in [-0.3, -0.25) is 10.00 Å². The molecule has 1 aliphatic rings. The third kappa shape index (κ3) is 3.88. The van der Waals surface area contributed by atoms with Crippen LogP contribution in [0.4, 0.5) is 10.6 Å². The van der Waals surface area contributed by atoms with Crippen molar-refractivity contribution < 1.29 is 9.90 Å². The van der Waals surface area contributed by atoms with E-state index in [0.717, 1.165) is 25.0 Å². The largest absolute Gasteiger partial charge is 0.394 e. The maximum atomic E-state index is 12.7. The quantitative estimate of drug-likeness (QED) is 0.836. The summed E-state index contributed by atoms with van der Waals surface area (Å²) in [6, 6.07) is 3.67. The van der Waals surface area contributed by atoms with Crippen molar-refractivity contribution >= 4 is 11.8 Å². The Hall–Kier alpha value is -2.07. The van der Waals surface area contributed by atoms with Crippen molar-refractivity contribution in [2.75, 3.05) is 18.5 Å². The molecule has 1 atom stereocenters. The minimum atomic E-state index is -0.476. The Morgan fingerprint density at radius 2 is 2.33 bits per heavy atom. The molecule has 1 aliphatic heterocycles. The monoisotopic (exact) mass is 333 g/mol. The van der Waals surface area contributed by atoms with Crippen LogP contribution in [-0.2, 0) is 6.54 Å². The van der Waals surface area contributed by atoms with Gasteiger partial charge in [0.25, 0.3) is 0 Å². The van der Waals surface area contributed by atoms with Gasteiger partial charge in [-0.2, -0.15) is 10.4 Å². The zero-order valence-corrected chi connectivity index (χ0v) is 14.7. The number of aromatic nitrogens is 2. The highest BCUT2D eigenvalue weighted by Crippen LogP contribution is 2.35. The Kier molecular flexibility index (Phi) is 5.84. The van der Waals surface area contributed by atoms with Gasteiger partial charge < -0.3 is 10.0 Å². The Labute approximate surface area is 143 Å². The molecule has 2 rings (SSSR count). The van der Waals surface area contributed by atoms with E-state index in [2.05, 4.69) is 30.3 Å². The average Bonchev–Trinajstić information content (AvgIpc) is 3.08. The normalized spacial score (nSPS) is 20.4. The maximum absolute atomic E-state index is 12.7. The number of aliphatic hydroxyl groups excluding tert-OH is 1. The fraction of sp³-hybridized carbons (Fsp3) is 0.706. The molecule has 132 valence electrons. The molecular formula is C17H27N5O2. The molecule has 1 unspecified atom stereocenters. The van der Waals surface area contributed by atoms with E-state index in [1.54, 1.807) is 15.6 Å². The zero-order chi connectivity index (χ0) is 17.7. The molecule has 7 heteroatoms. The van der Waals surface area contributed by atoms with Crippen molar-refractivity contribution in [2.45, 2.75) is 58.5 Å². The van der Waals surface area contributed by atoms with Gasteiger partial charge in [0.15, 0.2) is 5.82 Å². The number of nitrogens with zero attached hydrogens (tertiary/aromatic N) is 4. The minimum Gasteiger partial charge on any atom is -0.394 e. The molecule has 0 spiro atoms. The van der Waals surface area contributed by atoms with E-state index in [1.165, 1.54) is 0 Å². The molecule has 1 aromatic rings. The highest BCUT2D eigenvalue weighted by Gasteiger charge is 2.43. The summed E-state index contributed by atoms with van der Waals surface area (Å²) in [4.78, 5) is 14.5. The predicted molar refractivity (Wildman–Crippen MR) is 91.4 cm³/mol. The van der Waals surface area contributed by atoms with Crippen LogP contribution < -0.4 is 5.32 Å². The van der Waals surface area contributed by atoms with Crippen LogP contribution in [0.3, 0.4) is 0 Å². The molecule has 2 N–H and O–H groups in total. The van der Waals surface area contributed by atoms with E-state index in [1.807, 2.05) is 6.92 Å². The topological polar surface area (TPSA) is 94.2 Å². The lowest BCUT2D eigenvalue weighted by Crippen LogP contribution is -2.52. The highest BCUT2D eigenvalue weighted by atomic mass is 16.3. The number of carbonyl (C=O) groups excluding carboxylic acids is 1. The zero-order valence-electron chi connectivity index (χ0n) is 14.7. The maximum Gasteiger partial charge on any atom is 0.323 e. The third-order valence-electron chi connectivity index (χ3n) is 4.58. The Balaban J connectivity index is 2.10. The van der Waals surface area contributed by atoms with E-state index in [0.29, 0.717) is 31.2 Å². The summed E-state index contributed by atoms with van der Waals surface area (Å²) in [7, 11) is 0. The molecule has 0 aliphatic carbocycles. The number of urea groups is 1. The number of nitrogens with one attached hydrogen (secondary N) is 1. The molecular weight excluding hydrogens is 306 g/mol. The van der Waals surface area contributed by atoms with Gasteiger partial charge in [-0.15, -0.1) is 0 Å². The molecule has 24 heavy (non-hydrogen) atoms. The van der Waals surface area contributed by atoms with E-state index in [4.69, 9.17) is 5.26 Å². The van der Waals surface area contributed by atoms with E-state index in [-0.39, 0.29) is 12.6 Å². The SMILES string of the molecule is Cc1cc(NC(=O)N2CCCC2(CO)CC(C)C)nn1CCC#N. The van der Waals surface area contributed by atoms with Gasteiger partial charge in [-0.1, -0.05) is 13.8 Å². The van der Waals surface area contributed by atoms with Crippen molar-refractivity contribution in [2.24, 2.45) is 5.92 Å². The van der Waals surface area contributed by atoms with Gasteiger partial charge in [0.1, 0.15) is 0 Å². The van der Waals surface area contributed by atoms with Gasteiger partial charge in [0.05, 0.1) is 31.2 Å². The van der Waals surface area contributed by atoms with Gasteiger partial charge in [-0.25, -0.2) is 4.79 Å². The minimum absolute atomic E-state index is 0.0196. The van der Waals surface area contributed by atoms with Gasteiger partial charge in [-0.05, 0) is 32.1 Å². The lowest BCUT2D eigenvalue weighted by molar-refractivity contribution is 0.0727. The van der Waals surface area contributed by atoms with Gasteiger partial charge in [0.2, 0.25) is 0 Å². The molecule has 1 saturated heterocycles. The Bertz CT molecular complexity index is 619. The average molecular weight is 333 g/mol. The molecule has 7 nitrogen and oxygen atoms in total. The van der Waals surface area contributed by atoms with Crippen LogP contribution in [0.25, 0.3) is 0 Å². The lowest BCUT2D eigenvalue weighted by atomic mass is 9.87. The van der Waals surface area contributed by atoms with Crippen LogP contribution >= 0.6 is 0 Å². The van der Waals surface area contributed by atoms with E-state index >= 15 is 0 Å². The van der Waals surface area contributed by atoms with Crippen LogP contribution in [0.2, 0.25) is 0 Å². The van der Waals surface area contributed by atoms with E-state index < -0.39 is 5.54 Å². The third-order valence-corrected chi connectivity index (χ3v) is 4.58. The van der Waals surface area contributed by atoms with Crippen LogP contribution in [0.5, 0.6) is 0 Å². The number of rotatable bonds is 6. The Morgan fingerprint density at radius 1 is 1.58 bits per heavy atom. The van der Waals surface area contributed by atoms with Crippen molar-refractivity contribution in [3.05, 3.63) is 11.8 Å². The number of anilines is 1. The van der Waals surface area contributed by atoms with Crippen molar-refractivity contribution in [3.8, 4) is 6.07 Å². The van der Waals surface area contributed by atoms with Crippen molar-refractivity contribution in [3.63, 3.8) is 0 Å². The second-order valence-corrected chi connectivity index (χ2v) is 6.97. The summed E-state index contributed by atoms with van der Waals surface area (Å²) in [6.45, 7) is 7.24. The van der Waals surface area contributed by atoms with Crippen LogP contribution in [-0.4, -0.2) is 44.5 Å². The first-order valence-electron chi connectivity index (χ1n) is 8.53. The molecule has 0 saturated carbocycles. The standard InChI is InChI=1S/C17H27N5O2/c1-13(2)11-17(12-23)6-4-8-21(17)16(24)19-15-10-14(3)22(20-15)9-5-7-18/h10,13,23H,4-6,8-9,11-12H2,1-3H3,(H,19,20,24). The number of aliphatic hydroxyl groups is 1. The molecule has 2 amide bonds. The highest BCUT2D eigenvalue weighted by molar-refractivity contribution is 5.89. The summed E-state index contributed by atoms with van der Waals surface area (Å²) < 4.78 is 1.72. The van der Waals surface area contributed by atoms with Crippen LogP contribution in [0.1, 0.15) is 45.2 Å². The number of likely N-dealkylation sites (tertiary alicyclic amines) is 1. The number of amides is 2. The first kappa shape index (κ1) is 18.3. The summed E-state index contributed by atoms with van der Waals surface area (Å²) in [5, 5.41) is 25.8. The summed E-state index contributed by atoms with van der Waals surface area (Å²) >= 11 is 0. The van der Waals surface area contributed by atoms with Crippen LogP contribution in [0, 0.1) is 24.2 Å². The summed E-state index contributed by atoms with van der Waals surface area (Å²) in [5.41, 5.74) is 0.425. The van der Waals surface area contributed by atoms with Gasteiger partial charge >= 0.3 is 6.03 Å². The predicted octanol–water partition coefficient (Wildman–Crippen LogP) is 2.51. The molecule has 1 fully saturated rings. The Morgan fingerprint density at radius 3 is 2.96 bits per heavy atom. The number of hydrogen-bond donors (Lipinski definition) is 2. The fourth-order valence-corrected chi connectivity index (χ4v) is 3.59. The summed E-state index contributed by atoms with van der Waals surface area (Å²) in [5.74, 6) is 0.886. The molecule has 0 aromatic carbocycles. The molecule has 0 radical (unpaired) electrons. The molecule has 0 bridgehead atoms. The van der Waals surface area contributed by atoms with Gasteiger partial charge in [0, 0.05) is 18.3 Å².